The minimum atomic E-state index is -4.04. The average molecular weight is 473 g/mol. The molecule has 2 aromatic carbocycles. The van der Waals surface area contributed by atoms with E-state index in [9.17, 15) is 13.2 Å². The number of amides is 1. The molecule has 10 heteroatoms. The summed E-state index contributed by atoms with van der Waals surface area (Å²) < 4.78 is 38.8. The lowest BCUT2D eigenvalue weighted by atomic mass is 10.1. The largest absolute Gasteiger partial charge is 0.495 e. The Bertz CT molecular complexity index is 1050. The van der Waals surface area contributed by atoms with Crippen molar-refractivity contribution >= 4 is 44.8 Å². The van der Waals surface area contributed by atoms with Gasteiger partial charge in [0.2, 0.25) is 0 Å². The highest BCUT2D eigenvalue weighted by Crippen LogP contribution is 2.37. The van der Waals surface area contributed by atoms with E-state index < -0.39 is 10.0 Å². The van der Waals surface area contributed by atoms with Crippen LogP contribution >= 0.6 is 23.2 Å². The first-order chi connectivity index (χ1) is 14.3. The van der Waals surface area contributed by atoms with Gasteiger partial charge in [0.25, 0.3) is 15.9 Å². The number of sulfonamides is 1. The van der Waals surface area contributed by atoms with E-state index in [4.69, 9.17) is 32.7 Å². The summed E-state index contributed by atoms with van der Waals surface area (Å²) in [5.41, 5.74) is 0.295. The van der Waals surface area contributed by atoms with Crippen molar-refractivity contribution in [2.45, 2.75) is 24.2 Å². The molecule has 1 aliphatic rings. The van der Waals surface area contributed by atoms with Crippen LogP contribution in [0.15, 0.2) is 35.2 Å². The number of methoxy groups -OCH3 is 2. The van der Waals surface area contributed by atoms with E-state index in [1.165, 1.54) is 44.6 Å². The molecule has 2 aromatic rings. The molecule has 162 valence electrons. The van der Waals surface area contributed by atoms with Gasteiger partial charge in [-0.3, -0.25) is 9.52 Å². The predicted octanol–water partition coefficient (Wildman–Crippen LogP) is 4.44. The van der Waals surface area contributed by atoms with Gasteiger partial charge in [0.05, 0.1) is 40.4 Å². The topological polar surface area (TPSA) is 84.9 Å². The average Bonchev–Trinajstić information content (AvgIpc) is 2.74. The zero-order valence-electron chi connectivity index (χ0n) is 16.6. The van der Waals surface area contributed by atoms with Crippen LogP contribution in [0.1, 0.15) is 29.6 Å². The Balaban J connectivity index is 1.93. The molecule has 0 bridgehead atoms. The molecule has 1 fully saturated rings. The second-order valence-corrected chi connectivity index (χ2v) is 9.28. The van der Waals surface area contributed by atoms with E-state index in [1.54, 1.807) is 4.90 Å². The molecule has 0 saturated carbocycles. The number of carbonyl (C=O) groups is 1. The van der Waals surface area contributed by atoms with Gasteiger partial charge < -0.3 is 14.4 Å². The van der Waals surface area contributed by atoms with Crippen LogP contribution in [0, 0.1) is 0 Å². The third kappa shape index (κ3) is 4.77. The summed E-state index contributed by atoms with van der Waals surface area (Å²) in [6, 6.07) is 6.92. The number of carbonyl (C=O) groups excluding carboxylic acids is 1. The lowest BCUT2D eigenvalue weighted by Gasteiger charge is -2.27. The second kappa shape index (κ2) is 9.32. The van der Waals surface area contributed by atoms with Gasteiger partial charge in [0.15, 0.2) is 0 Å². The van der Waals surface area contributed by atoms with Crippen LogP contribution in [0.2, 0.25) is 10.0 Å². The number of nitrogens with one attached hydrogen (secondary N) is 1. The van der Waals surface area contributed by atoms with E-state index in [1.807, 2.05) is 0 Å². The molecule has 0 spiro atoms. The van der Waals surface area contributed by atoms with Crippen molar-refractivity contribution in [3.8, 4) is 11.5 Å². The van der Waals surface area contributed by atoms with Gasteiger partial charge in [0.1, 0.15) is 11.5 Å². The van der Waals surface area contributed by atoms with Crippen LogP contribution in [0.25, 0.3) is 0 Å². The highest BCUT2D eigenvalue weighted by molar-refractivity contribution is 7.92. The minimum Gasteiger partial charge on any atom is -0.495 e. The first-order valence-electron chi connectivity index (χ1n) is 9.30. The molecule has 0 radical (unpaired) electrons. The Morgan fingerprint density at radius 3 is 2.27 bits per heavy atom. The summed E-state index contributed by atoms with van der Waals surface area (Å²) in [7, 11) is -1.20. The van der Waals surface area contributed by atoms with Crippen molar-refractivity contribution in [1.82, 2.24) is 4.90 Å². The molecular formula is C20H22Cl2N2O5S. The number of rotatable bonds is 6. The van der Waals surface area contributed by atoms with Crippen LogP contribution in [-0.2, 0) is 10.0 Å². The Kier molecular flexibility index (Phi) is 7.00. The quantitative estimate of drug-likeness (QED) is 0.671. The number of anilines is 1. The number of benzene rings is 2. The fourth-order valence-electron chi connectivity index (χ4n) is 3.25. The summed E-state index contributed by atoms with van der Waals surface area (Å²) in [6.07, 6.45) is 2.91. The first kappa shape index (κ1) is 22.5. The normalized spacial score (nSPS) is 14.3. The number of nitrogens with zero attached hydrogens (tertiary/aromatic N) is 1. The van der Waals surface area contributed by atoms with Gasteiger partial charge in [-0.05, 0) is 43.5 Å². The Morgan fingerprint density at radius 2 is 1.63 bits per heavy atom. The number of ether oxygens (including phenoxy) is 2. The number of likely N-dealkylation sites (tertiary alicyclic amines) is 1. The van der Waals surface area contributed by atoms with Gasteiger partial charge in [-0.25, -0.2) is 8.42 Å². The number of hydrogen-bond acceptors (Lipinski definition) is 5. The first-order valence-corrected chi connectivity index (χ1v) is 11.5. The molecule has 0 aromatic heterocycles. The predicted molar refractivity (Wildman–Crippen MR) is 117 cm³/mol. The van der Waals surface area contributed by atoms with Crippen LogP contribution < -0.4 is 14.2 Å². The third-order valence-electron chi connectivity index (χ3n) is 4.84. The smallest absolute Gasteiger partial charge is 0.262 e. The standard InChI is InChI=1S/C20H22Cl2N2O5S/c1-28-18-12-19(29-2)17(11-16(18)22)23-30(26,27)13-6-7-15(21)14(10-13)20(25)24-8-4-3-5-9-24/h6-7,10-12,23H,3-5,8-9H2,1-2H3. The molecule has 0 atom stereocenters. The van der Waals surface area contributed by atoms with E-state index in [2.05, 4.69) is 4.72 Å². The summed E-state index contributed by atoms with van der Waals surface area (Å²) in [5.74, 6) is 0.303. The van der Waals surface area contributed by atoms with Crippen molar-refractivity contribution in [3.05, 3.63) is 45.9 Å². The number of hydrogen-bond donors (Lipinski definition) is 1. The zero-order valence-corrected chi connectivity index (χ0v) is 18.9. The zero-order chi connectivity index (χ0) is 21.9. The molecule has 1 heterocycles. The molecule has 7 nitrogen and oxygen atoms in total. The van der Waals surface area contributed by atoms with Gasteiger partial charge >= 0.3 is 0 Å². The molecule has 3 rings (SSSR count). The highest BCUT2D eigenvalue weighted by atomic mass is 35.5. The monoisotopic (exact) mass is 472 g/mol. The Labute approximate surface area is 185 Å². The van der Waals surface area contributed by atoms with Crippen molar-refractivity contribution in [2.75, 3.05) is 32.0 Å². The van der Waals surface area contributed by atoms with Gasteiger partial charge in [-0.2, -0.15) is 0 Å². The fraction of sp³-hybridized carbons (Fsp3) is 0.350. The van der Waals surface area contributed by atoms with Crippen molar-refractivity contribution < 1.29 is 22.7 Å². The van der Waals surface area contributed by atoms with E-state index in [0.717, 1.165) is 19.3 Å². The third-order valence-corrected chi connectivity index (χ3v) is 6.83. The van der Waals surface area contributed by atoms with Crippen LogP contribution in [0.4, 0.5) is 5.69 Å². The SMILES string of the molecule is COc1cc(OC)c(NS(=O)(=O)c2ccc(Cl)c(C(=O)N3CCCCC3)c2)cc1Cl. The van der Waals surface area contributed by atoms with E-state index in [-0.39, 0.29) is 37.8 Å². The summed E-state index contributed by atoms with van der Waals surface area (Å²) in [5, 5.41) is 0.419. The Morgan fingerprint density at radius 1 is 0.967 bits per heavy atom. The lowest BCUT2D eigenvalue weighted by Crippen LogP contribution is -2.35. The lowest BCUT2D eigenvalue weighted by molar-refractivity contribution is 0.0724. The Hall–Kier alpha value is -2.16. The van der Waals surface area contributed by atoms with Crippen molar-refractivity contribution in [1.29, 1.82) is 0 Å². The maximum absolute atomic E-state index is 13.0. The van der Waals surface area contributed by atoms with Crippen LogP contribution in [0.5, 0.6) is 11.5 Å². The number of piperidine rings is 1. The van der Waals surface area contributed by atoms with Crippen LogP contribution in [0.3, 0.4) is 0 Å². The molecule has 0 unspecified atom stereocenters. The number of halogens is 2. The molecule has 0 aliphatic carbocycles. The van der Waals surface area contributed by atoms with Crippen molar-refractivity contribution in [3.63, 3.8) is 0 Å². The summed E-state index contributed by atoms with van der Waals surface area (Å²) in [4.78, 5) is 14.4. The van der Waals surface area contributed by atoms with Crippen molar-refractivity contribution in [2.24, 2.45) is 0 Å². The summed E-state index contributed by atoms with van der Waals surface area (Å²) >= 11 is 12.3. The van der Waals surface area contributed by atoms with E-state index >= 15 is 0 Å². The van der Waals surface area contributed by atoms with Gasteiger partial charge in [-0.15, -0.1) is 0 Å². The maximum atomic E-state index is 13.0. The maximum Gasteiger partial charge on any atom is 0.262 e. The van der Waals surface area contributed by atoms with E-state index in [0.29, 0.717) is 18.8 Å². The highest BCUT2D eigenvalue weighted by Gasteiger charge is 2.24. The fourth-order valence-corrected chi connectivity index (χ4v) is 4.77. The van der Waals surface area contributed by atoms with Gasteiger partial charge in [0, 0.05) is 19.2 Å². The molecule has 1 aliphatic heterocycles. The molecule has 1 saturated heterocycles. The molecule has 1 N–H and O–H groups in total. The molecule has 1 amide bonds. The molecule has 30 heavy (non-hydrogen) atoms. The molecular weight excluding hydrogens is 451 g/mol. The van der Waals surface area contributed by atoms with Crippen LogP contribution in [-0.4, -0.2) is 46.5 Å². The second-order valence-electron chi connectivity index (χ2n) is 6.79. The minimum absolute atomic E-state index is 0.0961. The summed E-state index contributed by atoms with van der Waals surface area (Å²) in [6.45, 7) is 1.26. The van der Waals surface area contributed by atoms with Gasteiger partial charge in [-0.1, -0.05) is 23.2 Å².